The number of benzene rings is 2. The average Bonchev–Trinajstić information content (AvgIpc) is 4.06. The summed E-state index contributed by atoms with van der Waals surface area (Å²) in [5.74, 6) is -0.845. The molecule has 5 aliphatic heterocycles. The first kappa shape index (κ1) is 46.8. The van der Waals surface area contributed by atoms with E-state index in [9.17, 15) is 28.4 Å². The molecule has 2 atom stereocenters. The van der Waals surface area contributed by atoms with Gasteiger partial charge in [-0.05, 0) is 143 Å². The lowest BCUT2D eigenvalue weighted by Gasteiger charge is -2.38. The van der Waals surface area contributed by atoms with Gasteiger partial charge in [-0.3, -0.25) is 43.7 Å². The van der Waals surface area contributed by atoms with Crippen molar-refractivity contribution in [2.45, 2.75) is 95.1 Å². The fourth-order valence-corrected chi connectivity index (χ4v) is 12.5. The number of amides is 4. The van der Waals surface area contributed by atoms with E-state index in [0.29, 0.717) is 73.3 Å². The number of fused-ring (bicyclic) bond motifs is 3. The molecule has 71 heavy (non-hydrogen) atoms. The summed E-state index contributed by atoms with van der Waals surface area (Å²) in [6.07, 6.45) is 11.6. The Balaban J connectivity index is 0.680. The van der Waals surface area contributed by atoms with Gasteiger partial charge < -0.3 is 19.7 Å². The molecule has 6 aliphatic rings. The topological polar surface area (TPSA) is 145 Å². The zero-order chi connectivity index (χ0) is 49.5. The van der Waals surface area contributed by atoms with Crippen LogP contribution in [0.2, 0.25) is 0 Å². The molecule has 370 valence electrons. The predicted molar refractivity (Wildman–Crippen MR) is 268 cm³/mol. The van der Waals surface area contributed by atoms with Crippen LogP contribution in [0.3, 0.4) is 0 Å². The summed E-state index contributed by atoms with van der Waals surface area (Å²) < 4.78 is 34.2. The number of aromatic nitrogens is 3. The zero-order valence-corrected chi connectivity index (χ0v) is 40.9. The first-order valence-corrected chi connectivity index (χ1v) is 25.3. The molecule has 0 radical (unpaired) electrons. The number of likely N-dealkylation sites (tertiary alicyclic amines) is 2. The highest BCUT2D eigenvalue weighted by Gasteiger charge is 2.61. The Bertz CT molecular complexity index is 3080. The molecule has 1 aliphatic carbocycles. The van der Waals surface area contributed by atoms with Crippen molar-refractivity contribution in [3.63, 3.8) is 0 Å². The van der Waals surface area contributed by atoms with Crippen LogP contribution in [0.1, 0.15) is 115 Å². The minimum absolute atomic E-state index is 0.000743. The van der Waals surface area contributed by atoms with E-state index in [4.69, 9.17) is 0 Å². The van der Waals surface area contributed by atoms with Gasteiger partial charge in [0.1, 0.15) is 17.5 Å². The molecule has 1 spiro atoms. The summed E-state index contributed by atoms with van der Waals surface area (Å²) in [6.45, 7) is 9.51. The van der Waals surface area contributed by atoms with Gasteiger partial charge in [0.25, 0.3) is 11.5 Å². The SMILES string of the molecule is CNc1cc(=O)n(-c2ccnc3c2cc([C@H](C)N2CC=C(c4c(C)cc(C(=O)N5CCC(CN6CCC(c7ccc8c(c7)C7(CC7)C(=O)N8C7CCC(=O)NC7=O)CC6)CC5)cc4F)CC2)n3C)cc1F. The van der Waals surface area contributed by atoms with Crippen molar-refractivity contribution < 1.29 is 28.0 Å². The lowest BCUT2D eigenvalue weighted by atomic mass is 9.85. The van der Waals surface area contributed by atoms with Crippen molar-refractivity contribution in [2.75, 3.05) is 63.1 Å². The molecule has 1 unspecified atom stereocenters. The van der Waals surface area contributed by atoms with Crippen LogP contribution in [-0.2, 0) is 26.8 Å². The fraction of sp³-hybridized carbons (Fsp3) is 0.455. The third-order valence-corrected chi connectivity index (χ3v) is 16.7. The highest BCUT2D eigenvalue weighted by atomic mass is 19.1. The lowest BCUT2D eigenvalue weighted by molar-refractivity contribution is -0.135. The van der Waals surface area contributed by atoms with Gasteiger partial charge in [0.05, 0.1) is 23.0 Å². The van der Waals surface area contributed by atoms with Crippen LogP contribution in [0.25, 0.3) is 22.3 Å². The van der Waals surface area contributed by atoms with E-state index in [1.165, 1.54) is 28.5 Å². The summed E-state index contributed by atoms with van der Waals surface area (Å²) in [5.41, 5.74) is 7.20. The van der Waals surface area contributed by atoms with Crippen LogP contribution < -0.4 is 21.1 Å². The van der Waals surface area contributed by atoms with Crippen LogP contribution in [0.5, 0.6) is 0 Å². The van der Waals surface area contributed by atoms with E-state index in [-0.39, 0.29) is 53.2 Å². The number of nitrogens with zero attached hydrogens (tertiary/aromatic N) is 7. The lowest BCUT2D eigenvalue weighted by Crippen LogP contribution is -2.54. The molecule has 5 aromatic rings. The van der Waals surface area contributed by atoms with Crippen LogP contribution in [0, 0.1) is 24.5 Å². The molecular weight excluding hydrogens is 905 g/mol. The molecule has 4 amide bonds. The number of carbonyl (C=O) groups excluding carboxylic acids is 4. The number of hydrogen-bond acceptors (Lipinski definition) is 9. The third-order valence-electron chi connectivity index (χ3n) is 16.7. The van der Waals surface area contributed by atoms with Crippen LogP contribution in [0.4, 0.5) is 20.2 Å². The monoisotopic (exact) mass is 965 g/mol. The van der Waals surface area contributed by atoms with Gasteiger partial charge in [-0.2, -0.15) is 0 Å². The Morgan fingerprint density at radius 3 is 2.37 bits per heavy atom. The third kappa shape index (κ3) is 8.26. The first-order chi connectivity index (χ1) is 34.2. The number of imide groups is 1. The number of carbonyl (C=O) groups is 4. The van der Waals surface area contributed by atoms with Crippen molar-refractivity contribution in [2.24, 2.45) is 13.0 Å². The molecule has 4 fully saturated rings. The van der Waals surface area contributed by atoms with E-state index in [0.717, 1.165) is 91.6 Å². The van der Waals surface area contributed by atoms with E-state index in [2.05, 4.69) is 50.5 Å². The number of hydrogen-bond donors (Lipinski definition) is 2. The fourth-order valence-electron chi connectivity index (χ4n) is 12.5. The maximum Gasteiger partial charge on any atom is 0.257 e. The Hall–Kier alpha value is -6.52. The van der Waals surface area contributed by atoms with Crippen molar-refractivity contribution in [3.8, 4) is 5.69 Å². The summed E-state index contributed by atoms with van der Waals surface area (Å²) in [6, 6.07) is 13.9. The van der Waals surface area contributed by atoms with Gasteiger partial charge >= 0.3 is 0 Å². The van der Waals surface area contributed by atoms with Gasteiger partial charge in [-0.25, -0.2) is 13.8 Å². The highest BCUT2D eigenvalue weighted by Crippen LogP contribution is 2.58. The molecule has 3 aromatic heterocycles. The molecule has 1 saturated carbocycles. The number of piperidine rings is 3. The Kier molecular flexibility index (Phi) is 12.0. The standard InChI is InChI=1S/C55H61F2N9O5/c1-32-25-38(27-41(56)50(32)36-14-23-63(24-15-36)33(2)47-28-39-44(9-18-59-51(39)61(47)4)65-31-42(57)43(58-3)29-49(65)68)53(70)64-21-10-34(11-22-64)30-62-19-12-35(13-20-62)37-5-6-45-40(26-37)55(16-17-55)54(71)66(45)46-7-8-48(67)60-52(46)69/h5-6,9,14,18,25-29,31,33-35,46,58H,7-8,10-13,15-17,19-24,30H2,1-4H3,(H,60,67,69)/t33-,46?/m0/s1. The Labute approximate surface area is 411 Å². The Morgan fingerprint density at radius 2 is 1.68 bits per heavy atom. The number of nitrogens with one attached hydrogen (secondary N) is 2. The van der Waals surface area contributed by atoms with Crippen molar-refractivity contribution in [1.82, 2.24) is 34.1 Å². The largest absolute Gasteiger partial charge is 0.386 e. The van der Waals surface area contributed by atoms with Crippen molar-refractivity contribution in [1.29, 1.82) is 0 Å². The minimum atomic E-state index is -0.646. The second kappa shape index (κ2) is 18.3. The molecule has 2 aromatic carbocycles. The average molecular weight is 966 g/mol. The van der Waals surface area contributed by atoms with Crippen LogP contribution in [-0.4, -0.2) is 111 Å². The smallest absolute Gasteiger partial charge is 0.257 e. The van der Waals surface area contributed by atoms with Gasteiger partial charge in [0.2, 0.25) is 17.7 Å². The molecule has 0 bridgehead atoms. The highest BCUT2D eigenvalue weighted by molar-refractivity contribution is 6.15. The van der Waals surface area contributed by atoms with Gasteiger partial charge in [-0.15, -0.1) is 0 Å². The number of rotatable bonds is 10. The molecule has 8 heterocycles. The van der Waals surface area contributed by atoms with Crippen LogP contribution >= 0.6 is 0 Å². The van der Waals surface area contributed by atoms with Crippen LogP contribution in [0.15, 0.2) is 71.8 Å². The summed E-state index contributed by atoms with van der Waals surface area (Å²) in [5, 5.41) is 5.88. The number of halogens is 2. The second-order valence-corrected chi connectivity index (χ2v) is 20.8. The van der Waals surface area contributed by atoms with E-state index in [1.807, 2.05) is 41.6 Å². The molecule has 16 heteroatoms. The van der Waals surface area contributed by atoms with E-state index in [1.54, 1.807) is 24.2 Å². The maximum absolute atomic E-state index is 16.1. The normalized spacial score (nSPS) is 21.5. The molecule has 3 saturated heterocycles. The minimum Gasteiger partial charge on any atom is -0.386 e. The predicted octanol–water partition coefficient (Wildman–Crippen LogP) is 7.12. The number of pyridine rings is 2. The Morgan fingerprint density at radius 1 is 0.901 bits per heavy atom. The van der Waals surface area contributed by atoms with Gasteiger partial charge in [0, 0.05) is 99.4 Å². The number of anilines is 2. The summed E-state index contributed by atoms with van der Waals surface area (Å²) in [7, 11) is 3.51. The maximum atomic E-state index is 16.1. The zero-order valence-electron chi connectivity index (χ0n) is 40.9. The van der Waals surface area contributed by atoms with Crippen molar-refractivity contribution in [3.05, 3.63) is 123 Å². The molecule has 14 nitrogen and oxygen atoms in total. The molecule has 11 rings (SSSR count). The van der Waals surface area contributed by atoms with Crippen molar-refractivity contribution >= 4 is 51.6 Å². The first-order valence-electron chi connectivity index (χ1n) is 25.3. The molecule has 2 N–H and O–H groups in total. The molecular formula is C55H61F2N9O5. The number of aryl methyl sites for hydroxylation is 2. The van der Waals surface area contributed by atoms with E-state index >= 15 is 4.39 Å². The van der Waals surface area contributed by atoms with E-state index < -0.39 is 17.3 Å². The van der Waals surface area contributed by atoms with Gasteiger partial charge in [-0.1, -0.05) is 18.2 Å². The quantitative estimate of drug-likeness (QED) is 0.140. The summed E-state index contributed by atoms with van der Waals surface area (Å²) in [4.78, 5) is 78.3. The van der Waals surface area contributed by atoms with Gasteiger partial charge in [0.15, 0.2) is 5.82 Å². The summed E-state index contributed by atoms with van der Waals surface area (Å²) >= 11 is 0. The second-order valence-electron chi connectivity index (χ2n) is 20.8.